The Kier molecular flexibility index (Phi) is 8.01. The normalized spacial score (nSPS) is 9.84. The van der Waals surface area contributed by atoms with Crippen LogP contribution < -0.4 is 4.74 Å². The van der Waals surface area contributed by atoms with Crippen molar-refractivity contribution in [1.82, 2.24) is 0 Å². The van der Waals surface area contributed by atoms with Crippen molar-refractivity contribution < 1.29 is 34.8 Å². The van der Waals surface area contributed by atoms with Gasteiger partial charge < -0.3 is 25.2 Å². The van der Waals surface area contributed by atoms with E-state index < -0.39 is 11.9 Å². The Hall–Kier alpha value is -4.26. The third-order valence-electron chi connectivity index (χ3n) is 4.36. The standard InChI is InChI=1S/C21H16O3.2C2H4O2/c1-24-19-12-16-17(11-18(19)22)21(23)15-10-6-5-9-14(15)20(16)13-7-3-2-4-8-13;2*1-2(3)4/h2-12,22-23H,1H3;2*1H3,(H,3,4). The van der Waals surface area contributed by atoms with Crippen LogP contribution in [-0.2, 0) is 9.59 Å². The van der Waals surface area contributed by atoms with Crippen molar-refractivity contribution in [1.29, 1.82) is 0 Å². The summed E-state index contributed by atoms with van der Waals surface area (Å²) in [5.41, 5.74) is 2.06. The van der Waals surface area contributed by atoms with Crippen LogP contribution in [0.15, 0.2) is 66.7 Å². The minimum atomic E-state index is -0.833. The summed E-state index contributed by atoms with van der Waals surface area (Å²) < 4.78 is 5.26. The Morgan fingerprint density at radius 3 is 1.75 bits per heavy atom. The molecule has 7 heteroatoms. The maximum absolute atomic E-state index is 10.7. The average Bonchev–Trinajstić information content (AvgIpc) is 2.74. The van der Waals surface area contributed by atoms with E-state index in [1.165, 1.54) is 7.11 Å². The Morgan fingerprint density at radius 2 is 1.22 bits per heavy atom. The predicted molar refractivity (Wildman–Crippen MR) is 123 cm³/mol. The van der Waals surface area contributed by atoms with Gasteiger partial charge in [-0.3, -0.25) is 9.59 Å². The van der Waals surface area contributed by atoms with Crippen molar-refractivity contribution >= 4 is 33.5 Å². The molecule has 0 amide bonds. The van der Waals surface area contributed by atoms with E-state index in [2.05, 4.69) is 0 Å². The molecule has 0 aliphatic rings. The average molecular weight is 436 g/mol. The van der Waals surface area contributed by atoms with Crippen LogP contribution in [0.1, 0.15) is 13.8 Å². The number of benzene rings is 4. The van der Waals surface area contributed by atoms with Gasteiger partial charge >= 0.3 is 0 Å². The van der Waals surface area contributed by atoms with Gasteiger partial charge in [-0.2, -0.15) is 0 Å². The van der Waals surface area contributed by atoms with Crippen molar-refractivity contribution in [3.8, 4) is 28.4 Å². The van der Waals surface area contributed by atoms with Gasteiger partial charge in [0.15, 0.2) is 11.5 Å². The summed E-state index contributed by atoms with van der Waals surface area (Å²) >= 11 is 0. The molecule has 0 unspecified atom stereocenters. The SMILES string of the molecule is CC(=O)O.CC(=O)O.COc1cc2c(-c3ccccc3)c3ccccc3c(O)c2cc1O. The molecule has 0 spiro atoms. The molecule has 0 atom stereocenters. The molecule has 4 rings (SSSR count). The van der Waals surface area contributed by atoms with Gasteiger partial charge in [0.25, 0.3) is 11.9 Å². The molecule has 0 heterocycles. The third kappa shape index (κ3) is 5.66. The zero-order valence-electron chi connectivity index (χ0n) is 17.9. The minimum absolute atomic E-state index is 0.00888. The predicted octanol–water partition coefficient (Wildman–Crippen LogP) is 5.26. The topological polar surface area (TPSA) is 124 Å². The van der Waals surface area contributed by atoms with Crippen LogP contribution >= 0.6 is 0 Å². The van der Waals surface area contributed by atoms with E-state index in [1.54, 1.807) is 12.1 Å². The van der Waals surface area contributed by atoms with Gasteiger partial charge in [-0.05, 0) is 34.0 Å². The second kappa shape index (κ2) is 10.7. The van der Waals surface area contributed by atoms with Gasteiger partial charge in [-0.1, -0.05) is 54.6 Å². The highest BCUT2D eigenvalue weighted by Crippen LogP contribution is 2.45. The summed E-state index contributed by atoms with van der Waals surface area (Å²) in [6.45, 7) is 2.17. The number of hydrogen-bond donors (Lipinski definition) is 4. The summed E-state index contributed by atoms with van der Waals surface area (Å²) in [7, 11) is 1.52. The quantitative estimate of drug-likeness (QED) is 0.316. The first kappa shape index (κ1) is 24.0. The first-order valence-corrected chi connectivity index (χ1v) is 9.56. The van der Waals surface area contributed by atoms with E-state index >= 15 is 0 Å². The van der Waals surface area contributed by atoms with Gasteiger partial charge in [0.2, 0.25) is 0 Å². The van der Waals surface area contributed by atoms with Crippen LogP contribution in [0.2, 0.25) is 0 Å². The number of carbonyl (C=O) groups is 2. The van der Waals surface area contributed by atoms with Gasteiger partial charge in [0.1, 0.15) is 5.75 Å². The second-order valence-electron chi connectivity index (χ2n) is 6.74. The summed E-state index contributed by atoms with van der Waals surface area (Å²) in [6, 6.07) is 21.1. The molecular weight excluding hydrogens is 412 g/mol. The summed E-state index contributed by atoms with van der Waals surface area (Å²) in [5, 5.41) is 38.8. The second-order valence-corrected chi connectivity index (χ2v) is 6.74. The third-order valence-corrected chi connectivity index (χ3v) is 4.36. The first-order chi connectivity index (χ1) is 15.2. The number of ether oxygens (including phenoxy) is 1. The van der Waals surface area contributed by atoms with Crippen LogP contribution in [0.3, 0.4) is 0 Å². The fraction of sp³-hybridized carbons (Fsp3) is 0.120. The number of fused-ring (bicyclic) bond motifs is 2. The van der Waals surface area contributed by atoms with E-state index in [-0.39, 0.29) is 11.5 Å². The lowest BCUT2D eigenvalue weighted by atomic mass is 9.91. The smallest absolute Gasteiger partial charge is 0.300 e. The lowest BCUT2D eigenvalue weighted by molar-refractivity contribution is -0.135. The van der Waals surface area contributed by atoms with Crippen LogP contribution in [0.5, 0.6) is 17.2 Å². The Morgan fingerprint density at radius 1 is 0.719 bits per heavy atom. The van der Waals surface area contributed by atoms with E-state index in [9.17, 15) is 10.2 Å². The number of hydrogen-bond acceptors (Lipinski definition) is 5. The summed E-state index contributed by atoms with van der Waals surface area (Å²) in [6.07, 6.45) is 0. The monoisotopic (exact) mass is 436 g/mol. The highest BCUT2D eigenvalue weighted by molar-refractivity contribution is 6.17. The number of phenolic OH excluding ortho intramolecular Hbond substituents is 2. The van der Waals surface area contributed by atoms with Gasteiger partial charge in [-0.25, -0.2) is 0 Å². The lowest BCUT2D eigenvalue weighted by Gasteiger charge is -2.15. The van der Waals surface area contributed by atoms with Crippen molar-refractivity contribution in [3.63, 3.8) is 0 Å². The molecule has 32 heavy (non-hydrogen) atoms. The van der Waals surface area contributed by atoms with Crippen molar-refractivity contribution in [2.24, 2.45) is 0 Å². The van der Waals surface area contributed by atoms with E-state index in [4.69, 9.17) is 24.5 Å². The molecule has 0 aliphatic heterocycles. The Balaban J connectivity index is 0.000000395. The molecule has 0 saturated carbocycles. The fourth-order valence-corrected chi connectivity index (χ4v) is 3.25. The van der Waals surface area contributed by atoms with Crippen LogP contribution in [0, 0.1) is 0 Å². The molecule has 4 aromatic rings. The Labute approximate surface area is 184 Å². The number of carboxylic acid groups (broad SMARTS) is 2. The summed E-state index contributed by atoms with van der Waals surface area (Å²) in [5.74, 6) is -1.11. The Bertz CT molecular complexity index is 1230. The molecule has 0 saturated heterocycles. The van der Waals surface area contributed by atoms with Crippen LogP contribution in [0.4, 0.5) is 0 Å². The first-order valence-electron chi connectivity index (χ1n) is 9.56. The number of aromatic hydroxyl groups is 2. The maximum Gasteiger partial charge on any atom is 0.300 e. The van der Waals surface area contributed by atoms with E-state index in [0.717, 1.165) is 41.1 Å². The van der Waals surface area contributed by atoms with Gasteiger partial charge in [0.05, 0.1) is 7.11 Å². The summed E-state index contributed by atoms with van der Waals surface area (Å²) in [4.78, 5) is 18.0. The minimum Gasteiger partial charge on any atom is -0.507 e. The van der Waals surface area contributed by atoms with Crippen molar-refractivity contribution in [2.75, 3.05) is 7.11 Å². The molecule has 7 nitrogen and oxygen atoms in total. The van der Waals surface area contributed by atoms with Gasteiger partial charge in [0, 0.05) is 24.6 Å². The number of methoxy groups -OCH3 is 1. The van der Waals surface area contributed by atoms with E-state index in [0.29, 0.717) is 11.1 Å². The van der Waals surface area contributed by atoms with Crippen LogP contribution in [0.25, 0.3) is 32.7 Å². The molecule has 0 fully saturated rings. The zero-order valence-corrected chi connectivity index (χ0v) is 17.9. The molecule has 0 bridgehead atoms. The zero-order chi connectivity index (χ0) is 23.8. The van der Waals surface area contributed by atoms with Crippen molar-refractivity contribution in [3.05, 3.63) is 66.7 Å². The molecular formula is C25H24O7. The number of rotatable bonds is 2. The van der Waals surface area contributed by atoms with Gasteiger partial charge in [-0.15, -0.1) is 0 Å². The maximum atomic E-state index is 10.7. The fourth-order valence-electron chi connectivity index (χ4n) is 3.25. The molecule has 4 N–H and O–H groups in total. The highest BCUT2D eigenvalue weighted by Gasteiger charge is 2.17. The molecule has 0 aromatic heterocycles. The highest BCUT2D eigenvalue weighted by atomic mass is 16.5. The molecule has 166 valence electrons. The van der Waals surface area contributed by atoms with E-state index in [1.807, 2.05) is 54.6 Å². The van der Waals surface area contributed by atoms with Crippen molar-refractivity contribution in [2.45, 2.75) is 13.8 Å². The largest absolute Gasteiger partial charge is 0.507 e. The number of aliphatic carboxylic acids is 2. The lowest BCUT2D eigenvalue weighted by Crippen LogP contribution is -1.89. The molecule has 4 aromatic carbocycles. The molecule has 0 radical (unpaired) electrons. The number of phenols is 2. The molecule has 0 aliphatic carbocycles. The number of carboxylic acids is 2. The van der Waals surface area contributed by atoms with Crippen LogP contribution in [-0.4, -0.2) is 39.5 Å².